The summed E-state index contributed by atoms with van der Waals surface area (Å²) in [7, 11) is 1.96. The highest BCUT2D eigenvalue weighted by Gasteiger charge is 2.13. The summed E-state index contributed by atoms with van der Waals surface area (Å²) in [5.41, 5.74) is 2.02. The lowest BCUT2D eigenvalue weighted by molar-refractivity contribution is 0.284. The zero-order valence-corrected chi connectivity index (χ0v) is 12.6. The fourth-order valence-electron chi connectivity index (χ4n) is 2.02. The van der Waals surface area contributed by atoms with Gasteiger partial charge in [-0.05, 0) is 24.1 Å². The predicted octanol–water partition coefficient (Wildman–Crippen LogP) is 3.36. The standard InChI is InChI=1S/C15H19FN2OS/c1-3-4-13-14(10-19)20-15(17-13)18(2)9-11-5-7-12(16)8-6-11/h5-8,19H,3-4,9-10H2,1-2H3. The summed E-state index contributed by atoms with van der Waals surface area (Å²) in [6.07, 6.45) is 1.90. The number of aliphatic hydroxyl groups is 1. The number of rotatable bonds is 6. The molecule has 0 saturated heterocycles. The van der Waals surface area contributed by atoms with Gasteiger partial charge in [-0.2, -0.15) is 0 Å². The molecule has 108 valence electrons. The van der Waals surface area contributed by atoms with E-state index >= 15 is 0 Å². The van der Waals surface area contributed by atoms with Gasteiger partial charge in [0.05, 0.1) is 17.2 Å². The van der Waals surface area contributed by atoms with E-state index in [1.165, 1.54) is 23.5 Å². The molecule has 0 radical (unpaired) electrons. The molecule has 0 fully saturated rings. The first-order chi connectivity index (χ1) is 9.63. The minimum Gasteiger partial charge on any atom is -0.391 e. The molecule has 1 aromatic carbocycles. The lowest BCUT2D eigenvalue weighted by Gasteiger charge is -2.15. The van der Waals surface area contributed by atoms with Crippen LogP contribution in [0.2, 0.25) is 0 Å². The van der Waals surface area contributed by atoms with E-state index in [1.807, 2.05) is 11.9 Å². The third kappa shape index (κ3) is 3.55. The molecule has 3 nitrogen and oxygen atoms in total. The maximum Gasteiger partial charge on any atom is 0.185 e. The molecule has 0 aliphatic heterocycles. The highest BCUT2D eigenvalue weighted by molar-refractivity contribution is 7.15. The van der Waals surface area contributed by atoms with Crippen LogP contribution in [0.3, 0.4) is 0 Å². The normalized spacial score (nSPS) is 10.8. The molecule has 0 atom stereocenters. The van der Waals surface area contributed by atoms with Crippen molar-refractivity contribution in [3.63, 3.8) is 0 Å². The minimum atomic E-state index is -0.224. The van der Waals surface area contributed by atoms with Gasteiger partial charge in [-0.3, -0.25) is 0 Å². The summed E-state index contributed by atoms with van der Waals surface area (Å²) in [5, 5.41) is 10.3. The van der Waals surface area contributed by atoms with Crippen molar-refractivity contribution in [2.75, 3.05) is 11.9 Å². The average molecular weight is 294 g/mol. The van der Waals surface area contributed by atoms with E-state index in [-0.39, 0.29) is 12.4 Å². The van der Waals surface area contributed by atoms with Gasteiger partial charge in [-0.15, -0.1) is 0 Å². The zero-order valence-electron chi connectivity index (χ0n) is 11.8. The number of thiazole rings is 1. The molecular formula is C15H19FN2OS. The van der Waals surface area contributed by atoms with E-state index < -0.39 is 0 Å². The van der Waals surface area contributed by atoms with Crippen LogP contribution in [0.15, 0.2) is 24.3 Å². The molecule has 20 heavy (non-hydrogen) atoms. The van der Waals surface area contributed by atoms with E-state index in [0.29, 0.717) is 6.54 Å². The van der Waals surface area contributed by atoms with Crippen molar-refractivity contribution in [3.8, 4) is 0 Å². The van der Waals surface area contributed by atoms with Crippen molar-refractivity contribution in [2.24, 2.45) is 0 Å². The van der Waals surface area contributed by atoms with Crippen LogP contribution in [-0.4, -0.2) is 17.1 Å². The van der Waals surface area contributed by atoms with E-state index in [9.17, 15) is 9.50 Å². The Hall–Kier alpha value is -1.46. The summed E-state index contributed by atoms with van der Waals surface area (Å²) < 4.78 is 12.9. The van der Waals surface area contributed by atoms with Crippen molar-refractivity contribution in [2.45, 2.75) is 32.9 Å². The van der Waals surface area contributed by atoms with Crippen LogP contribution in [0.5, 0.6) is 0 Å². The largest absolute Gasteiger partial charge is 0.391 e. The first-order valence-electron chi connectivity index (χ1n) is 6.69. The quantitative estimate of drug-likeness (QED) is 0.887. The number of aromatic nitrogens is 1. The summed E-state index contributed by atoms with van der Waals surface area (Å²) in [6.45, 7) is 2.81. The number of hydrogen-bond acceptors (Lipinski definition) is 4. The summed E-state index contributed by atoms with van der Waals surface area (Å²) >= 11 is 1.52. The smallest absolute Gasteiger partial charge is 0.185 e. The van der Waals surface area contributed by atoms with Gasteiger partial charge >= 0.3 is 0 Å². The molecule has 0 bridgehead atoms. The molecule has 1 heterocycles. The molecule has 2 aromatic rings. The highest BCUT2D eigenvalue weighted by atomic mass is 32.1. The molecule has 2 rings (SSSR count). The average Bonchev–Trinajstić information content (AvgIpc) is 2.85. The number of anilines is 1. The van der Waals surface area contributed by atoms with Crippen LogP contribution in [0.25, 0.3) is 0 Å². The minimum absolute atomic E-state index is 0.0391. The lowest BCUT2D eigenvalue weighted by Crippen LogP contribution is -2.16. The topological polar surface area (TPSA) is 36.4 Å². The Bertz CT molecular complexity index is 554. The van der Waals surface area contributed by atoms with Crippen molar-refractivity contribution in [1.29, 1.82) is 0 Å². The van der Waals surface area contributed by atoms with Gasteiger partial charge in [0, 0.05) is 13.6 Å². The fourth-order valence-corrected chi connectivity index (χ4v) is 2.95. The molecule has 0 unspecified atom stereocenters. The maximum atomic E-state index is 12.9. The van der Waals surface area contributed by atoms with Crippen molar-refractivity contribution in [3.05, 3.63) is 46.2 Å². The number of aryl methyl sites for hydroxylation is 1. The third-order valence-corrected chi connectivity index (χ3v) is 4.25. The molecule has 0 aliphatic rings. The Labute approximate surface area is 122 Å². The van der Waals surface area contributed by atoms with Crippen LogP contribution in [0.4, 0.5) is 9.52 Å². The summed E-state index contributed by atoms with van der Waals surface area (Å²) in [6, 6.07) is 6.48. The van der Waals surface area contributed by atoms with Crippen LogP contribution < -0.4 is 4.90 Å². The summed E-state index contributed by atoms with van der Waals surface area (Å²) in [4.78, 5) is 7.56. The van der Waals surface area contributed by atoms with Crippen LogP contribution >= 0.6 is 11.3 Å². The maximum absolute atomic E-state index is 12.9. The fraction of sp³-hybridized carbons (Fsp3) is 0.400. The van der Waals surface area contributed by atoms with Crippen LogP contribution in [0, 0.1) is 5.82 Å². The molecule has 0 spiro atoms. The van der Waals surface area contributed by atoms with Gasteiger partial charge in [0.1, 0.15) is 5.82 Å². The van der Waals surface area contributed by atoms with Gasteiger partial charge in [0.15, 0.2) is 5.13 Å². The van der Waals surface area contributed by atoms with E-state index in [0.717, 1.165) is 34.1 Å². The van der Waals surface area contributed by atoms with Gasteiger partial charge in [0.2, 0.25) is 0 Å². The Morgan fingerprint density at radius 3 is 2.60 bits per heavy atom. The second kappa shape index (κ2) is 6.81. The van der Waals surface area contributed by atoms with Crippen molar-refractivity contribution >= 4 is 16.5 Å². The molecule has 0 aliphatic carbocycles. The summed E-state index contributed by atoms with van der Waals surface area (Å²) in [5.74, 6) is -0.224. The SMILES string of the molecule is CCCc1nc(N(C)Cc2ccc(F)cc2)sc1CO. The lowest BCUT2D eigenvalue weighted by atomic mass is 10.2. The second-order valence-electron chi connectivity index (χ2n) is 4.76. The number of hydrogen-bond donors (Lipinski definition) is 1. The van der Waals surface area contributed by atoms with Gasteiger partial charge in [0.25, 0.3) is 0 Å². The Balaban J connectivity index is 2.12. The second-order valence-corrected chi connectivity index (χ2v) is 5.82. The molecule has 5 heteroatoms. The Morgan fingerprint density at radius 1 is 1.30 bits per heavy atom. The van der Waals surface area contributed by atoms with Crippen molar-refractivity contribution in [1.82, 2.24) is 4.98 Å². The number of nitrogens with zero attached hydrogens (tertiary/aromatic N) is 2. The predicted molar refractivity (Wildman–Crippen MR) is 80.5 cm³/mol. The molecule has 0 amide bonds. The van der Waals surface area contributed by atoms with Gasteiger partial charge in [-0.25, -0.2) is 9.37 Å². The number of aliphatic hydroxyl groups excluding tert-OH is 1. The van der Waals surface area contributed by atoms with E-state index in [1.54, 1.807) is 12.1 Å². The first-order valence-corrected chi connectivity index (χ1v) is 7.50. The van der Waals surface area contributed by atoms with Crippen LogP contribution in [0.1, 0.15) is 29.5 Å². The van der Waals surface area contributed by atoms with Gasteiger partial charge in [-0.1, -0.05) is 36.8 Å². The van der Waals surface area contributed by atoms with E-state index in [4.69, 9.17) is 0 Å². The molecule has 0 saturated carbocycles. The molecule has 1 N–H and O–H groups in total. The van der Waals surface area contributed by atoms with Gasteiger partial charge < -0.3 is 10.0 Å². The zero-order chi connectivity index (χ0) is 14.5. The molecular weight excluding hydrogens is 275 g/mol. The monoisotopic (exact) mass is 294 g/mol. The highest BCUT2D eigenvalue weighted by Crippen LogP contribution is 2.27. The number of halogens is 1. The van der Waals surface area contributed by atoms with Crippen molar-refractivity contribution < 1.29 is 9.50 Å². The molecule has 1 aromatic heterocycles. The Morgan fingerprint density at radius 2 is 2.00 bits per heavy atom. The first kappa shape index (κ1) is 14.9. The van der Waals surface area contributed by atoms with E-state index in [2.05, 4.69) is 11.9 Å². The third-order valence-electron chi connectivity index (χ3n) is 3.06. The number of benzene rings is 1. The Kier molecular flexibility index (Phi) is 5.09. The van der Waals surface area contributed by atoms with Crippen LogP contribution in [-0.2, 0) is 19.6 Å².